The zero-order chi connectivity index (χ0) is 18.8. The van der Waals surface area contributed by atoms with E-state index in [2.05, 4.69) is 10.1 Å². The summed E-state index contributed by atoms with van der Waals surface area (Å²) in [4.78, 5) is 23.8. The maximum atomic E-state index is 12.9. The SMILES string of the molecule is Cc1cc(-c2cnc(C)nc2C2CCCN(C(=O)c3ccccc3)C2)on1. The lowest BCUT2D eigenvalue weighted by molar-refractivity contribution is 0.0706. The van der Waals surface area contributed by atoms with E-state index in [0.29, 0.717) is 12.3 Å². The van der Waals surface area contributed by atoms with Crippen LogP contribution >= 0.6 is 0 Å². The predicted molar refractivity (Wildman–Crippen MR) is 101 cm³/mol. The van der Waals surface area contributed by atoms with Crippen molar-refractivity contribution in [2.75, 3.05) is 13.1 Å². The van der Waals surface area contributed by atoms with Gasteiger partial charge in [0.15, 0.2) is 5.76 Å². The Morgan fingerprint density at radius 2 is 2.04 bits per heavy atom. The van der Waals surface area contributed by atoms with Crippen LogP contribution in [0.4, 0.5) is 0 Å². The first-order chi connectivity index (χ1) is 13.1. The Kier molecular flexibility index (Phi) is 4.71. The summed E-state index contributed by atoms with van der Waals surface area (Å²) < 4.78 is 5.45. The Hall–Kier alpha value is -3.02. The summed E-state index contributed by atoms with van der Waals surface area (Å²) in [6.45, 7) is 5.19. The van der Waals surface area contributed by atoms with Crippen molar-refractivity contribution >= 4 is 5.91 Å². The molecule has 1 atom stereocenters. The molecule has 1 aliphatic heterocycles. The molecule has 0 bridgehead atoms. The minimum atomic E-state index is 0.0723. The van der Waals surface area contributed by atoms with Crippen LogP contribution in [0.25, 0.3) is 11.3 Å². The number of benzene rings is 1. The molecule has 1 fully saturated rings. The van der Waals surface area contributed by atoms with Crippen LogP contribution in [0.15, 0.2) is 47.1 Å². The van der Waals surface area contributed by atoms with Crippen LogP contribution in [0.3, 0.4) is 0 Å². The van der Waals surface area contributed by atoms with Gasteiger partial charge in [0.05, 0.1) is 17.0 Å². The number of amides is 1. The lowest BCUT2D eigenvalue weighted by Crippen LogP contribution is -2.39. The van der Waals surface area contributed by atoms with Crippen molar-refractivity contribution in [3.8, 4) is 11.3 Å². The average Bonchev–Trinajstić information content (AvgIpc) is 3.14. The standard InChI is InChI=1S/C21H22N4O2/c1-14-11-19(27-24-14)18-12-22-15(2)23-20(18)17-9-6-10-25(13-17)21(26)16-7-4-3-5-8-16/h3-5,7-8,11-12,17H,6,9-10,13H2,1-2H3. The van der Waals surface area contributed by atoms with Gasteiger partial charge < -0.3 is 9.42 Å². The highest BCUT2D eigenvalue weighted by atomic mass is 16.5. The number of likely N-dealkylation sites (tertiary alicyclic amines) is 1. The first kappa shape index (κ1) is 17.4. The molecular formula is C21H22N4O2. The summed E-state index contributed by atoms with van der Waals surface area (Å²) in [6, 6.07) is 11.3. The molecule has 1 unspecified atom stereocenters. The van der Waals surface area contributed by atoms with Crippen LogP contribution in [-0.4, -0.2) is 39.0 Å². The fraction of sp³-hybridized carbons (Fsp3) is 0.333. The zero-order valence-electron chi connectivity index (χ0n) is 15.6. The summed E-state index contributed by atoms with van der Waals surface area (Å²) in [5.74, 6) is 1.61. The molecule has 6 heteroatoms. The maximum Gasteiger partial charge on any atom is 0.253 e. The van der Waals surface area contributed by atoms with Crippen LogP contribution in [0.2, 0.25) is 0 Å². The fourth-order valence-electron chi connectivity index (χ4n) is 3.63. The number of nitrogens with zero attached hydrogens (tertiary/aromatic N) is 4. The summed E-state index contributed by atoms with van der Waals surface area (Å²) >= 11 is 0. The van der Waals surface area contributed by atoms with E-state index in [4.69, 9.17) is 9.51 Å². The van der Waals surface area contributed by atoms with Gasteiger partial charge in [0.2, 0.25) is 0 Å². The summed E-state index contributed by atoms with van der Waals surface area (Å²) in [5.41, 5.74) is 3.34. The van der Waals surface area contributed by atoms with E-state index in [0.717, 1.165) is 47.7 Å². The summed E-state index contributed by atoms with van der Waals surface area (Å²) in [7, 11) is 0. The lowest BCUT2D eigenvalue weighted by atomic mass is 9.91. The van der Waals surface area contributed by atoms with Gasteiger partial charge in [-0.2, -0.15) is 0 Å². The van der Waals surface area contributed by atoms with Crippen LogP contribution in [0.1, 0.15) is 46.3 Å². The second-order valence-corrected chi connectivity index (χ2v) is 7.01. The number of piperidine rings is 1. The molecule has 4 rings (SSSR count). The smallest absolute Gasteiger partial charge is 0.253 e. The summed E-state index contributed by atoms with van der Waals surface area (Å²) in [5, 5.41) is 3.99. The largest absolute Gasteiger partial charge is 0.356 e. The van der Waals surface area contributed by atoms with Crippen molar-refractivity contribution in [3.63, 3.8) is 0 Å². The first-order valence-corrected chi connectivity index (χ1v) is 9.23. The molecule has 0 N–H and O–H groups in total. The van der Waals surface area contributed by atoms with Gasteiger partial charge in [-0.05, 0) is 38.8 Å². The highest BCUT2D eigenvalue weighted by Crippen LogP contribution is 2.33. The number of rotatable bonds is 3. The maximum absolute atomic E-state index is 12.9. The minimum Gasteiger partial charge on any atom is -0.356 e. The van der Waals surface area contributed by atoms with Gasteiger partial charge in [-0.15, -0.1) is 0 Å². The minimum absolute atomic E-state index is 0.0723. The molecule has 1 amide bonds. The number of aryl methyl sites for hydroxylation is 2. The molecule has 138 valence electrons. The molecule has 1 aromatic carbocycles. The Morgan fingerprint density at radius 1 is 1.22 bits per heavy atom. The number of hydrogen-bond donors (Lipinski definition) is 0. The van der Waals surface area contributed by atoms with E-state index in [1.165, 1.54) is 0 Å². The van der Waals surface area contributed by atoms with Crippen LogP contribution in [0, 0.1) is 13.8 Å². The van der Waals surface area contributed by atoms with Crippen molar-refractivity contribution < 1.29 is 9.32 Å². The van der Waals surface area contributed by atoms with E-state index in [1.807, 2.05) is 55.1 Å². The number of carbonyl (C=O) groups excluding carboxylic acids is 1. The van der Waals surface area contributed by atoms with Gasteiger partial charge in [-0.3, -0.25) is 4.79 Å². The van der Waals surface area contributed by atoms with Crippen molar-refractivity contribution in [2.45, 2.75) is 32.6 Å². The molecule has 1 aliphatic rings. The molecule has 2 aromatic heterocycles. The Labute approximate surface area is 158 Å². The zero-order valence-corrected chi connectivity index (χ0v) is 15.6. The first-order valence-electron chi connectivity index (χ1n) is 9.23. The van der Waals surface area contributed by atoms with Gasteiger partial charge in [0.25, 0.3) is 5.91 Å². The Bertz CT molecular complexity index is 952. The molecule has 27 heavy (non-hydrogen) atoms. The van der Waals surface area contributed by atoms with Crippen molar-refractivity contribution in [3.05, 3.63) is 65.4 Å². The Morgan fingerprint density at radius 3 is 2.78 bits per heavy atom. The van der Waals surface area contributed by atoms with Crippen LogP contribution in [0.5, 0.6) is 0 Å². The van der Waals surface area contributed by atoms with Crippen molar-refractivity contribution in [1.82, 2.24) is 20.0 Å². The number of aromatic nitrogens is 3. The third kappa shape index (κ3) is 3.60. The second kappa shape index (κ2) is 7.31. The van der Waals surface area contributed by atoms with Crippen molar-refractivity contribution in [2.24, 2.45) is 0 Å². The third-order valence-corrected chi connectivity index (χ3v) is 4.95. The van der Waals surface area contributed by atoms with Gasteiger partial charge in [0.1, 0.15) is 5.82 Å². The molecule has 0 aliphatic carbocycles. The van der Waals surface area contributed by atoms with E-state index in [-0.39, 0.29) is 11.8 Å². The predicted octanol–water partition coefficient (Wildman–Crippen LogP) is 3.77. The van der Waals surface area contributed by atoms with Crippen LogP contribution in [-0.2, 0) is 0 Å². The fourth-order valence-corrected chi connectivity index (χ4v) is 3.63. The highest BCUT2D eigenvalue weighted by molar-refractivity contribution is 5.94. The molecule has 1 saturated heterocycles. The average molecular weight is 362 g/mol. The monoisotopic (exact) mass is 362 g/mol. The molecule has 3 aromatic rings. The van der Waals surface area contributed by atoms with E-state index < -0.39 is 0 Å². The number of carbonyl (C=O) groups is 1. The lowest BCUT2D eigenvalue weighted by Gasteiger charge is -2.33. The van der Waals surface area contributed by atoms with E-state index in [1.54, 1.807) is 6.20 Å². The van der Waals surface area contributed by atoms with Gasteiger partial charge in [-0.25, -0.2) is 9.97 Å². The molecule has 0 radical (unpaired) electrons. The second-order valence-electron chi connectivity index (χ2n) is 7.01. The molecule has 0 spiro atoms. The highest BCUT2D eigenvalue weighted by Gasteiger charge is 2.29. The molecule has 3 heterocycles. The van der Waals surface area contributed by atoms with Crippen molar-refractivity contribution in [1.29, 1.82) is 0 Å². The topological polar surface area (TPSA) is 72.1 Å². The van der Waals surface area contributed by atoms with Gasteiger partial charge in [-0.1, -0.05) is 23.4 Å². The number of hydrogen-bond acceptors (Lipinski definition) is 5. The third-order valence-electron chi connectivity index (χ3n) is 4.95. The molecule has 0 saturated carbocycles. The Balaban J connectivity index is 1.63. The van der Waals surface area contributed by atoms with E-state index >= 15 is 0 Å². The molecule has 6 nitrogen and oxygen atoms in total. The summed E-state index contributed by atoms with van der Waals surface area (Å²) in [6.07, 6.45) is 3.73. The van der Waals surface area contributed by atoms with Crippen LogP contribution < -0.4 is 0 Å². The van der Waals surface area contributed by atoms with Gasteiger partial charge in [0, 0.05) is 36.8 Å². The van der Waals surface area contributed by atoms with Gasteiger partial charge >= 0.3 is 0 Å². The normalized spacial score (nSPS) is 17.1. The van der Waals surface area contributed by atoms with E-state index in [9.17, 15) is 4.79 Å². The quantitative estimate of drug-likeness (QED) is 0.709. The molecular weight excluding hydrogens is 340 g/mol.